The van der Waals surface area contributed by atoms with E-state index in [4.69, 9.17) is 5.73 Å². The number of H-pyrrole nitrogens is 1. The number of pyridine rings is 1. The predicted octanol–water partition coefficient (Wildman–Crippen LogP) is 8.80. The van der Waals surface area contributed by atoms with Crippen molar-refractivity contribution in [2.75, 3.05) is 12.3 Å². The van der Waals surface area contributed by atoms with E-state index >= 15 is 4.39 Å². The number of nitrogens with two attached hydrogens (primary N) is 1. The molecule has 0 radical (unpaired) electrons. The molecule has 0 aliphatic carbocycles. The Morgan fingerprint density at radius 2 is 1.88 bits per heavy atom. The van der Waals surface area contributed by atoms with Gasteiger partial charge in [-0.05, 0) is 53.3 Å². The van der Waals surface area contributed by atoms with Crippen molar-refractivity contribution in [3.05, 3.63) is 138 Å². The van der Waals surface area contributed by atoms with Gasteiger partial charge < -0.3 is 16.0 Å². The first-order valence-electron chi connectivity index (χ1n) is 13.9. The third-order valence-corrected chi connectivity index (χ3v) is 7.57. The highest BCUT2D eigenvalue weighted by Gasteiger charge is 2.21. The highest BCUT2D eigenvalue weighted by Crippen LogP contribution is 2.35. The Bertz CT molecular complexity index is 1730. The lowest BCUT2D eigenvalue weighted by Crippen LogP contribution is -2.16. The first-order chi connectivity index (χ1) is 20.5. The molecule has 0 atom stereocenters. The van der Waals surface area contributed by atoms with Gasteiger partial charge in [-0.1, -0.05) is 81.6 Å². The molecule has 0 saturated heterocycles. The van der Waals surface area contributed by atoms with E-state index in [9.17, 15) is 0 Å². The molecule has 214 valence electrons. The van der Waals surface area contributed by atoms with Crippen molar-refractivity contribution in [3.63, 3.8) is 0 Å². The molecule has 4 N–H and O–H groups in total. The highest BCUT2D eigenvalue weighted by molar-refractivity contribution is 7.13. The van der Waals surface area contributed by atoms with Crippen LogP contribution < -0.4 is 11.1 Å². The van der Waals surface area contributed by atoms with Crippen LogP contribution >= 0.6 is 11.3 Å². The molecule has 0 spiro atoms. The van der Waals surface area contributed by atoms with Crippen LogP contribution in [0.3, 0.4) is 0 Å². The van der Waals surface area contributed by atoms with Gasteiger partial charge in [0.1, 0.15) is 11.6 Å². The van der Waals surface area contributed by atoms with Crippen LogP contribution in [-0.4, -0.2) is 21.5 Å². The van der Waals surface area contributed by atoms with Gasteiger partial charge in [-0.3, -0.25) is 0 Å². The van der Waals surface area contributed by atoms with Gasteiger partial charge in [0.05, 0.1) is 5.52 Å². The van der Waals surface area contributed by atoms with Crippen LogP contribution in [0.2, 0.25) is 0 Å². The van der Waals surface area contributed by atoms with E-state index in [0.717, 1.165) is 28.1 Å². The molecule has 0 aliphatic rings. The SMILES string of the molecule is C=C/C(=C\C(=C/C)c1ccc(N)c(C(=C)c2nc3nccc(-c4cccs4)c3[nH]2)c1F)CNCc1ccccc1.CC. The number of anilines is 1. The van der Waals surface area contributed by atoms with Crippen molar-refractivity contribution in [1.29, 1.82) is 0 Å². The number of halogens is 1. The van der Waals surface area contributed by atoms with Gasteiger partial charge in [0.15, 0.2) is 5.65 Å². The average molecular weight is 578 g/mol. The van der Waals surface area contributed by atoms with Crippen molar-refractivity contribution in [3.8, 4) is 10.4 Å². The molecule has 7 heteroatoms. The molecular weight excluding hydrogens is 541 g/mol. The molecule has 2 aromatic carbocycles. The number of rotatable bonds is 10. The molecule has 42 heavy (non-hydrogen) atoms. The first kappa shape index (κ1) is 30.4. The zero-order valence-electron chi connectivity index (χ0n) is 24.2. The summed E-state index contributed by atoms with van der Waals surface area (Å²) in [4.78, 5) is 13.4. The summed E-state index contributed by atoms with van der Waals surface area (Å²) < 4.78 is 16.2. The lowest BCUT2D eigenvalue weighted by atomic mass is 9.95. The van der Waals surface area contributed by atoms with Crippen molar-refractivity contribution in [2.45, 2.75) is 27.3 Å². The molecule has 0 fully saturated rings. The lowest BCUT2D eigenvalue weighted by Gasteiger charge is -2.14. The van der Waals surface area contributed by atoms with Crippen LogP contribution in [0.25, 0.3) is 32.8 Å². The van der Waals surface area contributed by atoms with Gasteiger partial charge in [-0.25, -0.2) is 14.4 Å². The fraction of sp³-hybridized carbons (Fsp3) is 0.143. The van der Waals surface area contributed by atoms with Crippen molar-refractivity contribution in [1.82, 2.24) is 20.3 Å². The Labute approximate surface area is 251 Å². The molecule has 0 amide bonds. The number of aromatic nitrogens is 3. The summed E-state index contributed by atoms with van der Waals surface area (Å²) in [5, 5.41) is 5.44. The zero-order chi connectivity index (χ0) is 30.1. The van der Waals surface area contributed by atoms with E-state index in [1.54, 1.807) is 35.7 Å². The number of thiophene rings is 1. The molecule has 0 unspecified atom stereocenters. The summed E-state index contributed by atoms with van der Waals surface area (Å²) in [5.74, 6) is -0.0365. The number of hydrogen-bond donors (Lipinski definition) is 3. The quantitative estimate of drug-likeness (QED) is 0.114. The molecular formula is C35H36FN5S. The summed E-state index contributed by atoms with van der Waals surface area (Å²) in [6, 6.07) is 19.5. The average Bonchev–Trinajstić information content (AvgIpc) is 3.72. The Kier molecular flexibility index (Phi) is 10.4. The molecule has 0 aliphatic heterocycles. The third kappa shape index (κ3) is 6.65. The molecule has 0 saturated carbocycles. The maximum Gasteiger partial charge on any atom is 0.178 e. The minimum Gasteiger partial charge on any atom is -0.398 e. The summed E-state index contributed by atoms with van der Waals surface area (Å²) in [7, 11) is 0. The van der Waals surface area contributed by atoms with E-state index in [1.165, 1.54) is 5.56 Å². The van der Waals surface area contributed by atoms with Gasteiger partial charge in [0.25, 0.3) is 0 Å². The molecule has 5 rings (SSSR count). The monoisotopic (exact) mass is 577 g/mol. The molecule has 3 heterocycles. The minimum atomic E-state index is -0.457. The van der Waals surface area contributed by atoms with Gasteiger partial charge in [-0.15, -0.1) is 11.3 Å². The van der Waals surface area contributed by atoms with Crippen molar-refractivity contribution in [2.24, 2.45) is 0 Å². The number of aromatic amines is 1. The normalized spacial score (nSPS) is 11.7. The fourth-order valence-corrected chi connectivity index (χ4v) is 5.33. The second-order valence-corrected chi connectivity index (χ2v) is 10.2. The standard InChI is InChI=1S/C33H30FN5S.C2H6/c1-4-22(19-36-20-23-10-7-6-8-11-23)18-24(5-2)25-13-14-27(35)29(30(25)34)21(3)32-38-31-26(28-12-9-17-40-28)15-16-37-33(31)39-32;1-2/h4-18,36H,1,3,19-20,35H2,2H3,(H,37,38,39);1-2H3/b22-18+,24-5+;. The smallest absolute Gasteiger partial charge is 0.178 e. The van der Waals surface area contributed by atoms with Crippen LogP contribution in [0.4, 0.5) is 10.1 Å². The fourth-order valence-electron chi connectivity index (χ4n) is 4.58. The van der Waals surface area contributed by atoms with E-state index in [2.05, 4.69) is 45.6 Å². The molecule has 0 bridgehead atoms. The van der Waals surface area contributed by atoms with Crippen LogP contribution in [-0.2, 0) is 6.54 Å². The number of benzene rings is 2. The summed E-state index contributed by atoms with van der Waals surface area (Å²) in [5.41, 5.74) is 12.7. The van der Waals surface area contributed by atoms with Gasteiger partial charge in [0.2, 0.25) is 0 Å². The third-order valence-electron chi connectivity index (χ3n) is 6.67. The number of nitrogens with zero attached hydrogens (tertiary/aromatic N) is 2. The van der Waals surface area contributed by atoms with Crippen molar-refractivity contribution < 1.29 is 4.39 Å². The number of fused-ring (bicyclic) bond motifs is 1. The Morgan fingerprint density at radius 1 is 1.10 bits per heavy atom. The topological polar surface area (TPSA) is 79.6 Å². The van der Waals surface area contributed by atoms with Crippen LogP contribution in [0.1, 0.15) is 43.3 Å². The minimum absolute atomic E-state index is 0.212. The number of nitrogens with one attached hydrogen (secondary N) is 2. The Balaban J connectivity index is 0.00000198. The van der Waals surface area contributed by atoms with E-state index in [1.807, 2.05) is 74.7 Å². The maximum atomic E-state index is 16.2. The van der Waals surface area contributed by atoms with E-state index < -0.39 is 5.82 Å². The van der Waals surface area contributed by atoms with Gasteiger partial charge in [0, 0.05) is 52.1 Å². The predicted molar refractivity (Wildman–Crippen MR) is 178 cm³/mol. The largest absolute Gasteiger partial charge is 0.398 e. The number of imidazole rings is 1. The highest BCUT2D eigenvalue weighted by atomic mass is 32.1. The zero-order valence-corrected chi connectivity index (χ0v) is 25.1. The van der Waals surface area contributed by atoms with Crippen molar-refractivity contribution >= 4 is 39.3 Å². The summed E-state index contributed by atoms with van der Waals surface area (Å²) in [6.45, 7) is 15.3. The molecule has 3 aromatic heterocycles. The second kappa shape index (κ2) is 14.3. The Hall–Kier alpha value is -4.59. The first-order valence-corrected chi connectivity index (χ1v) is 14.8. The number of allylic oxidation sites excluding steroid dienone is 3. The van der Waals surface area contributed by atoms with Crippen LogP contribution in [0, 0.1) is 5.82 Å². The number of nitrogen functional groups attached to an aromatic ring is 1. The van der Waals surface area contributed by atoms with E-state index in [0.29, 0.717) is 34.7 Å². The summed E-state index contributed by atoms with van der Waals surface area (Å²) >= 11 is 1.63. The molecule has 5 nitrogen and oxygen atoms in total. The summed E-state index contributed by atoms with van der Waals surface area (Å²) in [6.07, 6.45) is 7.31. The van der Waals surface area contributed by atoms with Gasteiger partial charge in [-0.2, -0.15) is 0 Å². The van der Waals surface area contributed by atoms with Crippen LogP contribution in [0.5, 0.6) is 0 Å². The Morgan fingerprint density at radius 3 is 2.57 bits per heavy atom. The van der Waals surface area contributed by atoms with Gasteiger partial charge >= 0.3 is 0 Å². The van der Waals surface area contributed by atoms with E-state index in [-0.39, 0.29) is 11.3 Å². The number of hydrogen-bond acceptors (Lipinski definition) is 5. The second-order valence-electron chi connectivity index (χ2n) is 9.25. The van der Waals surface area contributed by atoms with Crippen LogP contribution in [0.15, 0.2) is 109 Å². The maximum absolute atomic E-state index is 16.2. The lowest BCUT2D eigenvalue weighted by molar-refractivity contribution is 0.621. The molecule has 5 aromatic rings.